The van der Waals surface area contributed by atoms with Gasteiger partial charge in [0.15, 0.2) is 0 Å². The number of benzene rings is 1. The van der Waals surface area contributed by atoms with Crippen LogP contribution in [-0.2, 0) is 0 Å². The van der Waals surface area contributed by atoms with E-state index in [0.29, 0.717) is 12.3 Å². The minimum atomic E-state index is 0. The van der Waals surface area contributed by atoms with Crippen molar-refractivity contribution in [1.82, 2.24) is 15.2 Å². The third-order valence-electron chi connectivity index (χ3n) is 4.84. The number of ether oxygens (including phenoxy) is 1. The second kappa shape index (κ2) is 12.3. The minimum absolute atomic E-state index is 0. The van der Waals surface area contributed by atoms with Gasteiger partial charge in [0, 0.05) is 24.0 Å². The van der Waals surface area contributed by atoms with E-state index >= 15 is 0 Å². The van der Waals surface area contributed by atoms with Crippen LogP contribution in [0.4, 0.5) is 0 Å². The Morgan fingerprint density at radius 3 is 2.54 bits per heavy atom. The number of aromatic nitrogens is 1. The molecule has 2 heterocycles. The summed E-state index contributed by atoms with van der Waals surface area (Å²) >= 11 is 1.52. The van der Waals surface area contributed by atoms with Crippen LogP contribution in [0.3, 0.4) is 0 Å². The summed E-state index contributed by atoms with van der Waals surface area (Å²) in [7, 11) is 1.99. The standard InChI is InChI=1S/C20H27N3O2S.2ClH/c1-3-25-17-6-4-16(5-7-17)19-22-18(14-26-19)20(24)23-12-9-15(10-13-23)8-11-21-2;;/h4-7,14-15,21H,3,8-13H2,1-2H3;2*1H. The van der Waals surface area contributed by atoms with Gasteiger partial charge in [-0.1, -0.05) is 0 Å². The fourth-order valence-electron chi connectivity index (χ4n) is 3.30. The Bertz CT molecular complexity index is 716. The maximum absolute atomic E-state index is 12.7. The lowest BCUT2D eigenvalue weighted by atomic mass is 9.93. The van der Waals surface area contributed by atoms with Gasteiger partial charge < -0.3 is 15.0 Å². The average molecular weight is 446 g/mol. The SMILES string of the molecule is CCOc1ccc(-c2nc(C(=O)N3CCC(CCNC)CC3)cs2)cc1.Cl.Cl. The molecule has 0 spiro atoms. The summed E-state index contributed by atoms with van der Waals surface area (Å²) in [5.74, 6) is 1.64. The molecule has 1 N–H and O–H groups in total. The van der Waals surface area contributed by atoms with Crippen LogP contribution >= 0.6 is 36.2 Å². The molecule has 1 aromatic heterocycles. The molecule has 1 aliphatic rings. The van der Waals surface area contributed by atoms with Crippen molar-refractivity contribution in [2.75, 3.05) is 33.3 Å². The second-order valence-electron chi connectivity index (χ2n) is 6.62. The van der Waals surface area contributed by atoms with E-state index in [1.54, 1.807) is 0 Å². The Morgan fingerprint density at radius 1 is 1.25 bits per heavy atom. The first-order valence-corrected chi connectivity index (χ1v) is 10.2. The third-order valence-corrected chi connectivity index (χ3v) is 5.73. The minimum Gasteiger partial charge on any atom is -0.494 e. The van der Waals surface area contributed by atoms with E-state index in [1.165, 1.54) is 17.8 Å². The van der Waals surface area contributed by atoms with E-state index in [2.05, 4.69) is 10.3 Å². The molecule has 0 unspecified atom stereocenters. The smallest absolute Gasteiger partial charge is 0.273 e. The molecule has 156 valence electrons. The average Bonchev–Trinajstić information content (AvgIpc) is 3.17. The molecule has 8 heteroatoms. The zero-order chi connectivity index (χ0) is 18.4. The van der Waals surface area contributed by atoms with Gasteiger partial charge in [-0.15, -0.1) is 36.2 Å². The van der Waals surface area contributed by atoms with E-state index < -0.39 is 0 Å². The molecular formula is C20H29Cl2N3O2S. The number of carbonyl (C=O) groups is 1. The summed E-state index contributed by atoms with van der Waals surface area (Å²) in [5, 5.41) is 5.96. The Labute approximate surface area is 183 Å². The van der Waals surface area contributed by atoms with Crippen LogP contribution in [0.5, 0.6) is 5.75 Å². The highest BCUT2D eigenvalue weighted by molar-refractivity contribution is 7.13. The van der Waals surface area contributed by atoms with Crippen LogP contribution in [0, 0.1) is 5.92 Å². The highest BCUT2D eigenvalue weighted by Crippen LogP contribution is 2.27. The van der Waals surface area contributed by atoms with Crippen LogP contribution in [-0.4, -0.2) is 49.1 Å². The lowest BCUT2D eigenvalue weighted by Gasteiger charge is -2.31. The first-order chi connectivity index (χ1) is 12.7. The molecule has 1 amide bonds. The fraction of sp³-hybridized carbons (Fsp3) is 0.500. The Kier molecular flexibility index (Phi) is 10.8. The molecule has 2 aromatic rings. The van der Waals surface area contributed by atoms with Gasteiger partial charge in [-0.3, -0.25) is 4.79 Å². The van der Waals surface area contributed by atoms with Gasteiger partial charge in [-0.2, -0.15) is 0 Å². The zero-order valence-corrected chi connectivity index (χ0v) is 18.8. The second-order valence-corrected chi connectivity index (χ2v) is 7.48. The largest absolute Gasteiger partial charge is 0.494 e. The van der Waals surface area contributed by atoms with E-state index in [0.717, 1.165) is 54.7 Å². The van der Waals surface area contributed by atoms with Crippen molar-refractivity contribution in [3.8, 4) is 16.3 Å². The maximum atomic E-state index is 12.7. The number of hydrogen-bond donors (Lipinski definition) is 1. The highest BCUT2D eigenvalue weighted by Gasteiger charge is 2.25. The summed E-state index contributed by atoms with van der Waals surface area (Å²) in [4.78, 5) is 19.3. The van der Waals surface area contributed by atoms with Crippen molar-refractivity contribution in [2.24, 2.45) is 5.92 Å². The van der Waals surface area contributed by atoms with Crippen molar-refractivity contribution in [2.45, 2.75) is 26.2 Å². The van der Waals surface area contributed by atoms with E-state index in [9.17, 15) is 4.79 Å². The number of nitrogens with zero attached hydrogens (tertiary/aromatic N) is 2. The van der Waals surface area contributed by atoms with Crippen molar-refractivity contribution in [3.63, 3.8) is 0 Å². The van der Waals surface area contributed by atoms with Gasteiger partial charge in [0.25, 0.3) is 5.91 Å². The number of likely N-dealkylation sites (tertiary alicyclic amines) is 1. The number of hydrogen-bond acceptors (Lipinski definition) is 5. The van der Waals surface area contributed by atoms with Crippen LogP contribution in [0.15, 0.2) is 29.6 Å². The first kappa shape index (κ1) is 24.7. The van der Waals surface area contributed by atoms with E-state index in [1.807, 2.05) is 48.5 Å². The highest BCUT2D eigenvalue weighted by atomic mass is 35.5. The Hall–Kier alpha value is -1.34. The number of amides is 1. The molecule has 0 radical (unpaired) electrons. The third kappa shape index (κ3) is 6.34. The predicted molar refractivity (Wildman–Crippen MR) is 120 cm³/mol. The van der Waals surface area contributed by atoms with Gasteiger partial charge in [0.05, 0.1) is 6.61 Å². The first-order valence-electron chi connectivity index (χ1n) is 9.34. The monoisotopic (exact) mass is 445 g/mol. The summed E-state index contributed by atoms with van der Waals surface area (Å²) in [6.07, 6.45) is 3.36. The fourth-order valence-corrected chi connectivity index (χ4v) is 4.10. The molecule has 1 fully saturated rings. The van der Waals surface area contributed by atoms with Crippen LogP contribution in [0.1, 0.15) is 36.7 Å². The normalized spacial score (nSPS) is 14.1. The van der Waals surface area contributed by atoms with Crippen molar-refractivity contribution < 1.29 is 9.53 Å². The van der Waals surface area contributed by atoms with Crippen molar-refractivity contribution in [1.29, 1.82) is 0 Å². The van der Waals surface area contributed by atoms with Crippen molar-refractivity contribution in [3.05, 3.63) is 35.3 Å². The molecule has 0 saturated carbocycles. The van der Waals surface area contributed by atoms with Gasteiger partial charge in [0.1, 0.15) is 16.5 Å². The summed E-state index contributed by atoms with van der Waals surface area (Å²) in [6, 6.07) is 7.87. The molecule has 0 atom stereocenters. The predicted octanol–water partition coefficient (Wildman–Crippen LogP) is 4.51. The van der Waals surface area contributed by atoms with Gasteiger partial charge in [-0.25, -0.2) is 4.98 Å². The van der Waals surface area contributed by atoms with E-state index in [4.69, 9.17) is 4.74 Å². The number of nitrogens with one attached hydrogen (secondary N) is 1. The van der Waals surface area contributed by atoms with Crippen LogP contribution in [0.2, 0.25) is 0 Å². The van der Waals surface area contributed by atoms with E-state index in [-0.39, 0.29) is 30.7 Å². The number of thiazole rings is 1. The lowest BCUT2D eigenvalue weighted by Crippen LogP contribution is -2.39. The lowest BCUT2D eigenvalue weighted by molar-refractivity contribution is 0.0682. The quantitative estimate of drug-likeness (QED) is 0.680. The molecule has 3 rings (SSSR count). The Balaban J connectivity index is 0.00000196. The van der Waals surface area contributed by atoms with Crippen LogP contribution in [0.25, 0.3) is 10.6 Å². The number of carbonyl (C=O) groups excluding carboxylic acids is 1. The van der Waals surface area contributed by atoms with Gasteiger partial charge >= 0.3 is 0 Å². The molecule has 1 aliphatic heterocycles. The molecule has 28 heavy (non-hydrogen) atoms. The van der Waals surface area contributed by atoms with Crippen molar-refractivity contribution >= 4 is 42.1 Å². The number of rotatable bonds is 7. The summed E-state index contributed by atoms with van der Waals surface area (Å²) in [6.45, 7) is 5.35. The topological polar surface area (TPSA) is 54.5 Å². The molecule has 1 saturated heterocycles. The van der Waals surface area contributed by atoms with Crippen LogP contribution < -0.4 is 10.1 Å². The Morgan fingerprint density at radius 2 is 1.93 bits per heavy atom. The number of piperidine rings is 1. The molecule has 5 nitrogen and oxygen atoms in total. The zero-order valence-electron chi connectivity index (χ0n) is 16.3. The van der Waals surface area contributed by atoms with Gasteiger partial charge in [0.2, 0.25) is 0 Å². The molecule has 1 aromatic carbocycles. The van der Waals surface area contributed by atoms with Gasteiger partial charge in [-0.05, 0) is 70.0 Å². The molecule has 0 aliphatic carbocycles. The summed E-state index contributed by atoms with van der Waals surface area (Å²) < 4.78 is 5.47. The maximum Gasteiger partial charge on any atom is 0.273 e. The molecular weight excluding hydrogens is 417 g/mol. The number of halogens is 2. The summed E-state index contributed by atoms with van der Waals surface area (Å²) in [5.41, 5.74) is 1.58. The molecule has 0 bridgehead atoms.